The van der Waals surface area contributed by atoms with E-state index >= 15 is 0 Å². The third kappa shape index (κ3) is 5.08. The molecule has 1 amide bonds. The molecule has 1 heterocycles. The van der Waals surface area contributed by atoms with E-state index in [2.05, 4.69) is 32.9 Å². The van der Waals surface area contributed by atoms with Gasteiger partial charge in [0, 0.05) is 22.7 Å². The summed E-state index contributed by atoms with van der Waals surface area (Å²) in [5.41, 5.74) is 0. The standard InChI is InChI=1S/C10H14IN3O/c1-14(2)6-5-10(15)13-9-4-3-8(11)7-12-9/h3-4,7H,5-6H2,1-2H3,(H,12,13,15). The highest BCUT2D eigenvalue weighted by atomic mass is 127. The molecular formula is C10H14IN3O. The van der Waals surface area contributed by atoms with E-state index in [0.717, 1.165) is 10.1 Å². The fourth-order valence-electron chi connectivity index (χ4n) is 0.980. The number of hydrogen-bond donors (Lipinski definition) is 1. The molecule has 0 aliphatic carbocycles. The number of aromatic nitrogens is 1. The van der Waals surface area contributed by atoms with E-state index in [0.29, 0.717) is 12.2 Å². The Morgan fingerprint density at radius 1 is 1.53 bits per heavy atom. The molecule has 15 heavy (non-hydrogen) atoms. The Labute approximate surface area is 103 Å². The highest BCUT2D eigenvalue weighted by Gasteiger charge is 2.03. The van der Waals surface area contributed by atoms with Crippen molar-refractivity contribution in [1.29, 1.82) is 0 Å². The first-order chi connectivity index (χ1) is 7.08. The number of halogens is 1. The largest absolute Gasteiger partial charge is 0.311 e. The van der Waals surface area contributed by atoms with Gasteiger partial charge in [-0.25, -0.2) is 4.98 Å². The van der Waals surface area contributed by atoms with Gasteiger partial charge in [-0.1, -0.05) is 0 Å². The van der Waals surface area contributed by atoms with Crippen LogP contribution in [0.25, 0.3) is 0 Å². The second kappa shape index (κ2) is 6.02. The second-order valence-corrected chi connectivity index (χ2v) is 4.71. The first kappa shape index (κ1) is 12.4. The van der Waals surface area contributed by atoms with Crippen LogP contribution in [0.15, 0.2) is 18.3 Å². The quantitative estimate of drug-likeness (QED) is 0.857. The molecule has 82 valence electrons. The molecule has 0 aliphatic rings. The number of carbonyl (C=O) groups is 1. The van der Waals surface area contributed by atoms with Crippen molar-refractivity contribution in [2.24, 2.45) is 0 Å². The van der Waals surface area contributed by atoms with Crippen molar-refractivity contribution in [2.45, 2.75) is 6.42 Å². The Morgan fingerprint density at radius 2 is 2.27 bits per heavy atom. The Balaban J connectivity index is 2.41. The van der Waals surface area contributed by atoms with Crippen molar-refractivity contribution in [3.8, 4) is 0 Å². The predicted octanol–water partition coefficient (Wildman–Crippen LogP) is 1.58. The molecule has 0 atom stereocenters. The molecule has 0 bridgehead atoms. The van der Waals surface area contributed by atoms with Gasteiger partial charge in [0.1, 0.15) is 5.82 Å². The second-order valence-electron chi connectivity index (χ2n) is 3.46. The van der Waals surface area contributed by atoms with Crippen molar-refractivity contribution < 1.29 is 4.79 Å². The molecule has 0 saturated carbocycles. The summed E-state index contributed by atoms with van der Waals surface area (Å²) in [6, 6.07) is 3.71. The van der Waals surface area contributed by atoms with E-state index in [1.54, 1.807) is 12.3 Å². The Morgan fingerprint density at radius 3 is 2.80 bits per heavy atom. The maximum absolute atomic E-state index is 11.4. The molecular weight excluding hydrogens is 305 g/mol. The van der Waals surface area contributed by atoms with E-state index in [1.165, 1.54) is 0 Å². The van der Waals surface area contributed by atoms with Gasteiger partial charge in [-0.05, 0) is 48.8 Å². The summed E-state index contributed by atoms with van der Waals surface area (Å²) >= 11 is 2.17. The lowest BCUT2D eigenvalue weighted by Gasteiger charge is -2.09. The summed E-state index contributed by atoms with van der Waals surface area (Å²) in [6.45, 7) is 0.746. The number of carbonyl (C=O) groups excluding carboxylic acids is 1. The first-order valence-electron chi connectivity index (χ1n) is 4.64. The Kier molecular flexibility index (Phi) is 4.97. The molecule has 0 aliphatic heterocycles. The van der Waals surface area contributed by atoms with Crippen molar-refractivity contribution in [3.63, 3.8) is 0 Å². The van der Waals surface area contributed by atoms with Gasteiger partial charge < -0.3 is 10.2 Å². The van der Waals surface area contributed by atoms with E-state index in [9.17, 15) is 4.79 Å². The molecule has 1 aromatic heterocycles. The lowest BCUT2D eigenvalue weighted by molar-refractivity contribution is -0.116. The molecule has 0 aromatic carbocycles. The fourth-order valence-corrected chi connectivity index (χ4v) is 1.30. The highest BCUT2D eigenvalue weighted by Crippen LogP contribution is 2.07. The molecule has 1 N–H and O–H groups in total. The molecule has 0 fully saturated rings. The van der Waals surface area contributed by atoms with Gasteiger partial charge in [0.05, 0.1) is 0 Å². The monoisotopic (exact) mass is 319 g/mol. The van der Waals surface area contributed by atoms with Crippen LogP contribution in [0.5, 0.6) is 0 Å². The van der Waals surface area contributed by atoms with Crippen LogP contribution in [0.3, 0.4) is 0 Å². The molecule has 4 nitrogen and oxygen atoms in total. The third-order valence-corrected chi connectivity index (χ3v) is 2.42. The molecule has 0 radical (unpaired) electrons. The van der Waals surface area contributed by atoms with Gasteiger partial charge in [0.2, 0.25) is 5.91 Å². The average Bonchev–Trinajstić information content (AvgIpc) is 2.19. The van der Waals surface area contributed by atoms with Gasteiger partial charge in [-0.3, -0.25) is 4.79 Å². The molecule has 0 unspecified atom stereocenters. The van der Waals surface area contributed by atoms with Crippen molar-refractivity contribution in [2.75, 3.05) is 26.0 Å². The lowest BCUT2D eigenvalue weighted by atomic mass is 10.3. The maximum atomic E-state index is 11.4. The van der Waals surface area contributed by atoms with Crippen LogP contribution in [0.2, 0.25) is 0 Å². The average molecular weight is 319 g/mol. The highest BCUT2D eigenvalue weighted by molar-refractivity contribution is 14.1. The molecule has 1 rings (SSSR count). The van der Waals surface area contributed by atoms with Crippen molar-refractivity contribution in [1.82, 2.24) is 9.88 Å². The van der Waals surface area contributed by atoms with Crippen molar-refractivity contribution in [3.05, 3.63) is 21.9 Å². The van der Waals surface area contributed by atoms with Crippen LogP contribution < -0.4 is 5.32 Å². The van der Waals surface area contributed by atoms with E-state index in [-0.39, 0.29) is 5.91 Å². The predicted molar refractivity (Wildman–Crippen MR) is 68.8 cm³/mol. The SMILES string of the molecule is CN(C)CCC(=O)Nc1ccc(I)cn1. The maximum Gasteiger partial charge on any atom is 0.226 e. The summed E-state index contributed by atoms with van der Waals surface area (Å²) < 4.78 is 1.05. The first-order valence-corrected chi connectivity index (χ1v) is 5.72. The Hall–Kier alpha value is -0.690. The van der Waals surface area contributed by atoms with Crippen LogP contribution in [-0.4, -0.2) is 36.4 Å². The molecule has 5 heteroatoms. The fraction of sp³-hybridized carbons (Fsp3) is 0.400. The summed E-state index contributed by atoms with van der Waals surface area (Å²) in [5, 5.41) is 2.74. The van der Waals surface area contributed by atoms with Gasteiger partial charge in [0.15, 0.2) is 0 Å². The summed E-state index contributed by atoms with van der Waals surface area (Å²) in [4.78, 5) is 17.5. The minimum Gasteiger partial charge on any atom is -0.311 e. The number of rotatable bonds is 4. The van der Waals surface area contributed by atoms with Crippen LogP contribution in [-0.2, 0) is 4.79 Å². The zero-order valence-corrected chi connectivity index (χ0v) is 11.0. The number of nitrogens with one attached hydrogen (secondary N) is 1. The number of hydrogen-bond acceptors (Lipinski definition) is 3. The number of amides is 1. The Bertz CT molecular complexity index is 324. The van der Waals surface area contributed by atoms with Gasteiger partial charge in [0.25, 0.3) is 0 Å². The summed E-state index contributed by atoms with van der Waals surface area (Å²) in [7, 11) is 3.88. The molecule has 0 spiro atoms. The van der Waals surface area contributed by atoms with Crippen LogP contribution >= 0.6 is 22.6 Å². The normalized spacial score (nSPS) is 10.4. The summed E-state index contributed by atoms with van der Waals surface area (Å²) in [6.07, 6.45) is 2.21. The van der Waals surface area contributed by atoms with E-state index < -0.39 is 0 Å². The van der Waals surface area contributed by atoms with Crippen LogP contribution in [0.1, 0.15) is 6.42 Å². The van der Waals surface area contributed by atoms with Gasteiger partial charge in [-0.15, -0.1) is 0 Å². The zero-order chi connectivity index (χ0) is 11.3. The molecule has 1 aromatic rings. The third-order valence-electron chi connectivity index (χ3n) is 1.78. The smallest absolute Gasteiger partial charge is 0.226 e. The van der Waals surface area contributed by atoms with Gasteiger partial charge >= 0.3 is 0 Å². The number of nitrogens with zero attached hydrogens (tertiary/aromatic N) is 2. The van der Waals surface area contributed by atoms with Crippen LogP contribution in [0, 0.1) is 3.57 Å². The van der Waals surface area contributed by atoms with E-state index in [4.69, 9.17) is 0 Å². The zero-order valence-electron chi connectivity index (χ0n) is 8.83. The number of pyridine rings is 1. The van der Waals surface area contributed by atoms with E-state index in [1.807, 2.05) is 25.1 Å². The summed E-state index contributed by atoms with van der Waals surface area (Å²) in [5.74, 6) is 0.608. The molecule has 0 saturated heterocycles. The number of anilines is 1. The lowest BCUT2D eigenvalue weighted by Crippen LogP contribution is -2.21. The topological polar surface area (TPSA) is 45.2 Å². The minimum absolute atomic E-state index is 0.00240. The van der Waals surface area contributed by atoms with Crippen molar-refractivity contribution >= 4 is 34.3 Å². The van der Waals surface area contributed by atoms with Crippen LogP contribution in [0.4, 0.5) is 5.82 Å². The van der Waals surface area contributed by atoms with Gasteiger partial charge in [-0.2, -0.15) is 0 Å². The minimum atomic E-state index is -0.00240.